The summed E-state index contributed by atoms with van der Waals surface area (Å²) in [6.45, 7) is 8.22. The van der Waals surface area contributed by atoms with E-state index in [-0.39, 0.29) is 24.4 Å². The van der Waals surface area contributed by atoms with E-state index in [1.165, 1.54) is 0 Å². The summed E-state index contributed by atoms with van der Waals surface area (Å²) in [5.41, 5.74) is 6.56. The molecule has 0 fully saturated rings. The first-order chi connectivity index (χ1) is 15.0. The normalized spacial score (nSPS) is 20.6. The third-order valence-corrected chi connectivity index (χ3v) is 5.34. The Kier molecular flexibility index (Phi) is 11.8. The lowest BCUT2D eigenvalue weighted by Crippen LogP contribution is -2.49. The van der Waals surface area contributed by atoms with Gasteiger partial charge >= 0.3 is 12.1 Å². The Morgan fingerprint density at radius 3 is 2.56 bits per heavy atom. The van der Waals surface area contributed by atoms with Crippen molar-refractivity contribution in [2.24, 2.45) is 17.6 Å². The molecule has 1 amide bonds. The molecule has 32 heavy (non-hydrogen) atoms. The van der Waals surface area contributed by atoms with Gasteiger partial charge in [0.2, 0.25) is 5.91 Å². The van der Waals surface area contributed by atoms with Crippen LogP contribution < -0.4 is 16.4 Å². The van der Waals surface area contributed by atoms with Gasteiger partial charge in [0, 0.05) is 12.5 Å². The number of nitrogens with one attached hydrogen (secondary N) is 2. The van der Waals surface area contributed by atoms with Crippen LogP contribution >= 0.6 is 0 Å². The van der Waals surface area contributed by atoms with Crippen LogP contribution in [0.3, 0.4) is 0 Å². The maximum absolute atomic E-state index is 12.7. The number of alkyl halides is 3. The molecule has 0 aromatic rings. The highest BCUT2D eigenvalue weighted by molar-refractivity contribution is 5.82. The number of allylic oxidation sites excluding steroid dienone is 4. The van der Waals surface area contributed by atoms with E-state index < -0.39 is 24.8 Å². The molecule has 0 radical (unpaired) electrons. The topological polar surface area (TPSA) is 103 Å². The molecule has 0 saturated heterocycles. The van der Waals surface area contributed by atoms with E-state index >= 15 is 0 Å². The van der Waals surface area contributed by atoms with Crippen LogP contribution in [0.25, 0.3) is 0 Å². The predicted molar refractivity (Wildman–Crippen MR) is 115 cm³/mol. The number of ether oxygens (including phenoxy) is 2. The molecule has 1 aliphatic rings. The van der Waals surface area contributed by atoms with E-state index in [4.69, 9.17) is 10.5 Å². The number of amides is 1. The van der Waals surface area contributed by atoms with Gasteiger partial charge in [-0.15, -0.1) is 0 Å². The number of esters is 1. The average Bonchev–Trinajstić information content (AvgIpc) is 2.71. The second kappa shape index (κ2) is 13.5. The molecule has 0 aliphatic heterocycles. The Balaban J connectivity index is 2.55. The number of rotatable bonds is 13. The molecule has 1 rings (SSSR count). The Labute approximate surface area is 188 Å². The summed E-state index contributed by atoms with van der Waals surface area (Å²) in [6, 6.07) is -0.927. The van der Waals surface area contributed by atoms with Gasteiger partial charge in [0.15, 0.2) is 0 Å². The van der Waals surface area contributed by atoms with Crippen molar-refractivity contribution < 1.29 is 32.2 Å². The second-order valence-corrected chi connectivity index (χ2v) is 8.20. The SMILES string of the molecule is CC1=C(OCC(C)NC(=O)[C@H](CCCCN)NCCOC(=O)C(F)(F)F)C(C)C(C)C=C1. The van der Waals surface area contributed by atoms with Crippen molar-refractivity contribution in [1.29, 1.82) is 0 Å². The third-order valence-electron chi connectivity index (χ3n) is 5.34. The number of carbonyl (C=O) groups excluding carboxylic acids is 2. The Hall–Kier alpha value is -2.07. The molecule has 1 aliphatic carbocycles. The monoisotopic (exact) mass is 463 g/mol. The molecule has 4 atom stereocenters. The maximum Gasteiger partial charge on any atom is 0.490 e. The van der Waals surface area contributed by atoms with Crippen molar-refractivity contribution >= 4 is 11.9 Å². The fraction of sp³-hybridized carbons (Fsp3) is 0.727. The first-order valence-electron chi connectivity index (χ1n) is 11.0. The summed E-state index contributed by atoms with van der Waals surface area (Å²) in [5.74, 6) is -1.03. The standard InChI is InChI=1S/C22H36F3N3O4/c1-14-8-9-15(2)19(17(14)4)32-13-16(3)28-20(29)18(7-5-6-10-26)27-11-12-31-21(30)22(23,24)25/h8-9,14,16-18,27H,5-7,10-13,26H2,1-4H3,(H,28,29)/t14?,16?,17?,18-/m0/s1. The third kappa shape index (κ3) is 9.60. The van der Waals surface area contributed by atoms with E-state index in [9.17, 15) is 22.8 Å². The van der Waals surface area contributed by atoms with Gasteiger partial charge in [0.1, 0.15) is 19.0 Å². The summed E-state index contributed by atoms with van der Waals surface area (Å²) in [5, 5.41) is 5.73. The van der Waals surface area contributed by atoms with Gasteiger partial charge in [0.25, 0.3) is 0 Å². The minimum Gasteiger partial charge on any atom is -0.495 e. The summed E-state index contributed by atoms with van der Waals surface area (Å²) < 4.78 is 46.8. The van der Waals surface area contributed by atoms with Crippen LogP contribution in [0.5, 0.6) is 0 Å². The molecule has 0 saturated carbocycles. The van der Waals surface area contributed by atoms with Crippen molar-refractivity contribution in [2.75, 3.05) is 26.3 Å². The molecule has 184 valence electrons. The van der Waals surface area contributed by atoms with E-state index in [0.29, 0.717) is 38.3 Å². The minimum absolute atomic E-state index is 0.0821. The van der Waals surface area contributed by atoms with Crippen LogP contribution in [0.4, 0.5) is 13.2 Å². The zero-order chi connectivity index (χ0) is 24.3. The molecular weight excluding hydrogens is 427 g/mol. The molecule has 10 heteroatoms. The summed E-state index contributed by atoms with van der Waals surface area (Å²) in [7, 11) is 0. The highest BCUT2D eigenvalue weighted by Gasteiger charge is 2.40. The summed E-state index contributed by atoms with van der Waals surface area (Å²) in [4.78, 5) is 23.5. The van der Waals surface area contributed by atoms with Crippen LogP contribution in [-0.4, -0.2) is 56.4 Å². The Morgan fingerprint density at radius 2 is 1.94 bits per heavy atom. The lowest BCUT2D eigenvalue weighted by molar-refractivity contribution is -0.199. The highest BCUT2D eigenvalue weighted by Crippen LogP contribution is 2.30. The zero-order valence-corrected chi connectivity index (χ0v) is 19.3. The number of halogens is 3. The van der Waals surface area contributed by atoms with Crippen molar-refractivity contribution in [1.82, 2.24) is 10.6 Å². The van der Waals surface area contributed by atoms with Crippen LogP contribution in [0.15, 0.2) is 23.5 Å². The van der Waals surface area contributed by atoms with Gasteiger partial charge in [-0.25, -0.2) is 4.79 Å². The number of carbonyl (C=O) groups is 2. The lowest BCUT2D eigenvalue weighted by Gasteiger charge is -2.28. The fourth-order valence-electron chi connectivity index (χ4n) is 3.27. The fourth-order valence-corrected chi connectivity index (χ4v) is 3.27. The average molecular weight is 464 g/mol. The Morgan fingerprint density at radius 1 is 1.25 bits per heavy atom. The van der Waals surface area contributed by atoms with E-state index in [1.54, 1.807) is 0 Å². The van der Waals surface area contributed by atoms with Crippen molar-refractivity contribution in [2.45, 2.75) is 65.2 Å². The molecule has 0 spiro atoms. The highest BCUT2D eigenvalue weighted by atomic mass is 19.4. The van der Waals surface area contributed by atoms with Crippen LogP contribution in [0.1, 0.15) is 47.0 Å². The number of nitrogens with two attached hydrogens (primary N) is 1. The summed E-state index contributed by atoms with van der Waals surface area (Å²) >= 11 is 0. The molecule has 0 aromatic carbocycles. The van der Waals surface area contributed by atoms with E-state index in [0.717, 1.165) is 11.3 Å². The quantitative estimate of drug-likeness (QED) is 0.287. The minimum atomic E-state index is -5.04. The number of unbranched alkanes of at least 4 members (excludes halogenated alkanes) is 1. The molecule has 4 N–H and O–H groups in total. The van der Waals surface area contributed by atoms with E-state index in [1.807, 2.05) is 19.9 Å². The number of hydrogen-bond donors (Lipinski definition) is 3. The van der Waals surface area contributed by atoms with Gasteiger partial charge in [-0.2, -0.15) is 13.2 Å². The first-order valence-corrected chi connectivity index (χ1v) is 11.0. The molecule has 3 unspecified atom stereocenters. The van der Waals surface area contributed by atoms with Gasteiger partial charge in [-0.1, -0.05) is 32.4 Å². The van der Waals surface area contributed by atoms with Gasteiger partial charge < -0.3 is 25.8 Å². The first kappa shape index (κ1) is 28.0. The van der Waals surface area contributed by atoms with Crippen molar-refractivity contribution in [3.63, 3.8) is 0 Å². The summed E-state index contributed by atoms with van der Waals surface area (Å²) in [6.07, 6.45) is 0.971. The molecule has 0 bridgehead atoms. The smallest absolute Gasteiger partial charge is 0.490 e. The molecule has 0 heterocycles. The van der Waals surface area contributed by atoms with Gasteiger partial charge in [0.05, 0.1) is 12.1 Å². The van der Waals surface area contributed by atoms with Crippen LogP contribution in [0, 0.1) is 11.8 Å². The molecule has 7 nitrogen and oxygen atoms in total. The van der Waals surface area contributed by atoms with Gasteiger partial charge in [-0.05, 0) is 44.7 Å². The van der Waals surface area contributed by atoms with Crippen molar-refractivity contribution in [3.8, 4) is 0 Å². The van der Waals surface area contributed by atoms with Gasteiger partial charge in [-0.3, -0.25) is 4.79 Å². The predicted octanol–water partition coefficient (Wildman–Crippen LogP) is 2.82. The zero-order valence-electron chi connectivity index (χ0n) is 19.3. The largest absolute Gasteiger partial charge is 0.495 e. The Bertz CT molecular complexity index is 680. The maximum atomic E-state index is 12.7. The van der Waals surface area contributed by atoms with Crippen LogP contribution in [0.2, 0.25) is 0 Å². The lowest BCUT2D eigenvalue weighted by atomic mass is 9.87. The number of hydrogen-bond acceptors (Lipinski definition) is 6. The van der Waals surface area contributed by atoms with Crippen LogP contribution in [-0.2, 0) is 19.1 Å². The van der Waals surface area contributed by atoms with E-state index in [2.05, 4.69) is 35.3 Å². The molecular formula is C22H36F3N3O4. The molecule has 0 aromatic heterocycles. The second-order valence-electron chi connectivity index (χ2n) is 8.20. The van der Waals surface area contributed by atoms with Crippen molar-refractivity contribution in [3.05, 3.63) is 23.5 Å².